The zero-order valence-corrected chi connectivity index (χ0v) is 12.0. The summed E-state index contributed by atoms with van der Waals surface area (Å²) in [5, 5.41) is 3.29. The Labute approximate surface area is 126 Å². The molecule has 1 aliphatic rings. The fraction of sp³-hybridized carbons (Fsp3) is 0.188. The Morgan fingerprint density at radius 3 is 2.71 bits per heavy atom. The first-order valence-electron chi connectivity index (χ1n) is 6.65. The van der Waals surface area contributed by atoms with Gasteiger partial charge in [-0.2, -0.15) is 0 Å². The second-order valence-corrected chi connectivity index (χ2v) is 5.60. The topological polar surface area (TPSA) is 55.1 Å². The molecule has 0 radical (unpaired) electrons. The third-order valence-corrected chi connectivity index (χ3v) is 3.94. The van der Waals surface area contributed by atoms with E-state index in [4.69, 9.17) is 17.3 Å². The molecule has 0 bridgehead atoms. The molecule has 3 N–H and O–H groups in total. The summed E-state index contributed by atoms with van der Waals surface area (Å²) in [6.45, 7) is 0. The van der Waals surface area contributed by atoms with Crippen LogP contribution in [0.4, 0.5) is 10.1 Å². The number of carbonyl (C=O) groups is 1. The minimum atomic E-state index is -0.302. The van der Waals surface area contributed by atoms with E-state index in [1.54, 1.807) is 18.2 Å². The molecule has 1 heterocycles. The lowest BCUT2D eigenvalue weighted by molar-refractivity contribution is -0.115. The van der Waals surface area contributed by atoms with Crippen LogP contribution < -0.4 is 11.1 Å². The number of halogens is 2. The van der Waals surface area contributed by atoms with Crippen LogP contribution in [0, 0.1) is 5.82 Å². The number of rotatable bonds is 3. The van der Waals surface area contributed by atoms with Crippen molar-refractivity contribution in [3.05, 3.63) is 63.9 Å². The Hall–Kier alpha value is -1.91. The molecule has 108 valence electrons. The maximum absolute atomic E-state index is 12.9. The van der Waals surface area contributed by atoms with Crippen LogP contribution in [0.2, 0.25) is 5.02 Å². The standard InChI is InChI=1S/C16H14ClFN2O/c17-13-8-15-10(7-16(21)20-15)6-12(13)14(19)5-9-1-3-11(18)4-2-9/h1-4,6,8,14H,5,7,19H2,(H,20,21). The molecule has 0 aromatic heterocycles. The maximum atomic E-state index is 12.9. The van der Waals surface area contributed by atoms with Gasteiger partial charge in [0.1, 0.15) is 5.82 Å². The number of nitrogens with one attached hydrogen (secondary N) is 1. The first kappa shape index (κ1) is 14.0. The zero-order chi connectivity index (χ0) is 15.0. The number of carbonyl (C=O) groups excluding carboxylic acids is 1. The first-order valence-corrected chi connectivity index (χ1v) is 7.03. The van der Waals surface area contributed by atoms with Gasteiger partial charge in [-0.25, -0.2) is 4.39 Å². The maximum Gasteiger partial charge on any atom is 0.228 e. The van der Waals surface area contributed by atoms with Crippen molar-refractivity contribution in [1.29, 1.82) is 0 Å². The number of anilines is 1. The molecular weight excluding hydrogens is 291 g/mol. The fourth-order valence-corrected chi connectivity index (χ4v) is 2.84. The molecule has 3 rings (SSSR count). The van der Waals surface area contributed by atoms with E-state index in [1.807, 2.05) is 6.07 Å². The minimum Gasteiger partial charge on any atom is -0.325 e. The van der Waals surface area contributed by atoms with Gasteiger partial charge in [0.05, 0.1) is 6.42 Å². The molecule has 2 aromatic carbocycles. The Morgan fingerprint density at radius 1 is 1.29 bits per heavy atom. The van der Waals surface area contributed by atoms with Crippen LogP contribution >= 0.6 is 11.6 Å². The highest BCUT2D eigenvalue weighted by Gasteiger charge is 2.21. The lowest BCUT2D eigenvalue weighted by Crippen LogP contribution is -2.14. The number of fused-ring (bicyclic) bond motifs is 1. The van der Waals surface area contributed by atoms with Crippen LogP contribution in [0.25, 0.3) is 0 Å². The van der Waals surface area contributed by atoms with Gasteiger partial charge in [0, 0.05) is 16.8 Å². The second-order valence-electron chi connectivity index (χ2n) is 5.19. The quantitative estimate of drug-likeness (QED) is 0.915. The van der Waals surface area contributed by atoms with E-state index in [0.29, 0.717) is 17.9 Å². The largest absolute Gasteiger partial charge is 0.325 e. The van der Waals surface area contributed by atoms with Crippen LogP contribution in [0.3, 0.4) is 0 Å². The van der Waals surface area contributed by atoms with E-state index in [2.05, 4.69) is 5.32 Å². The molecule has 21 heavy (non-hydrogen) atoms. The lowest BCUT2D eigenvalue weighted by Gasteiger charge is -2.15. The van der Waals surface area contributed by atoms with E-state index in [9.17, 15) is 9.18 Å². The van der Waals surface area contributed by atoms with Gasteiger partial charge in [0.15, 0.2) is 0 Å². The zero-order valence-electron chi connectivity index (χ0n) is 11.2. The van der Waals surface area contributed by atoms with Gasteiger partial charge < -0.3 is 11.1 Å². The van der Waals surface area contributed by atoms with Crippen LogP contribution in [0.15, 0.2) is 36.4 Å². The highest BCUT2D eigenvalue weighted by Crippen LogP contribution is 2.33. The van der Waals surface area contributed by atoms with E-state index in [-0.39, 0.29) is 17.8 Å². The summed E-state index contributed by atoms with van der Waals surface area (Å²) in [5.74, 6) is -0.308. The normalized spacial score (nSPS) is 14.7. The van der Waals surface area contributed by atoms with Gasteiger partial charge in [-0.1, -0.05) is 29.8 Å². The van der Waals surface area contributed by atoms with Crippen molar-refractivity contribution >= 4 is 23.2 Å². The van der Waals surface area contributed by atoms with Gasteiger partial charge in [0.25, 0.3) is 0 Å². The van der Waals surface area contributed by atoms with E-state index < -0.39 is 0 Å². The van der Waals surface area contributed by atoms with Crippen molar-refractivity contribution < 1.29 is 9.18 Å². The summed E-state index contributed by atoms with van der Waals surface area (Å²) in [7, 11) is 0. The summed E-state index contributed by atoms with van der Waals surface area (Å²) < 4.78 is 12.9. The van der Waals surface area contributed by atoms with Crippen LogP contribution in [-0.2, 0) is 17.6 Å². The summed E-state index contributed by atoms with van der Waals surface area (Å²) in [5.41, 5.74) is 9.62. The highest BCUT2D eigenvalue weighted by molar-refractivity contribution is 6.32. The van der Waals surface area contributed by atoms with Crippen molar-refractivity contribution in [3.63, 3.8) is 0 Å². The predicted octanol–water partition coefficient (Wildman–Crippen LogP) is 3.22. The molecule has 1 unspecified atom stereocenters. The molecule has 0 fully saturated rings. The van der Waals surface area contributed by atoms with Crippen molar-refractivity contribution in [2.45, 2.75) is 18.9 Å². The molecule has 0 spiro atoms. The average Bonchev–Trinajstić information content (AvgIpc) is 2.79. The van der Waals surface area contributed by atoms with E-state index >= 15 is 0 Å². The molecule has 0 aliphatic carbocycles. The second kappa shape index (κ2) is 5.47. The van der Waals surface area contributed by atoms with Crippen molar-refractivity contribution in [2.24, 2.45) is 5.73 Å². The van der Waals surface area contributed by atoms with Crippen LogP contribution in [0.5, 0.6) is 0 Å². The molecule has 3 nitrogen and oxygen atoms in total. The number of nitrogens with two attached hydrogens (primary N) is 1. The van der Waals surface area contributed by atoms with Gasteiger partial charge in [-0.3, -0.25) is 4.79 Å². The lowest BCUT2D eigenvalue weighted by atomic mass is 9.97. The number of hydrogen-bond donors (Lipinski definition) is 2. The Morgan fingerprint density at radius 2 is 2.00 bits per heavy atom. The molecule has 1 atom stereocenters. The molecule has 0 saturated carbocycles. The summed E-state index contributed by atoms with van der Waals surface area (Å²) in [6.07, 6.45) is 0.906. The molecule has 1 aliphatic heterocycles. The monoisotopic (exact) mass is 304 g/mol. The summed E-state index contributed by atoms with van der Waals surface area (Å²) in [6, 6.07) is 9.56. The Bertz CT molecular complexity index is 700. The summed E-state index contributed by atoms with van der Waals surface area (Å²) in [4.78, 5) is 11.4. The predicted molar refractivity (Wildman–Crippen MR) is 80.8 cm³/mol. The van der Waals surface area contributed by atoms with Crippen LogP contribution in [-0.4, -0.2) is 5.91 Å². The van der Waals surface area contributed by atoms with Crippen molar-refractivity contribution in [1.82, 2.24) is 0 Å². The van der Waals surface area contributed by atoms with E-state index in [1.165, 1.54) is 12.1 Å². The summed E-state index contributed by atoms with van der Waals surface area (Å²) >= 11 is 6.25. The minimum absolute atomic E-state index is 0.0367. The molecular formula is C16H14ClFN2O. The van der Waals surface area contributed by atoms with Gasteiger partial charge in [0.2, 0.25) is 5.91 Å². The molecule has 5 heteroatoms. The smallest absolute Gasteiger partial charge is 0.228 e. The van der Waals surface area contributed by atoms with Crippen molar-refractivity contribution in [2.75, 3.05) is 5.32 Å². The molecule has 1 amide bonds. The Kier molecular flexibility index (Phi) is 3.66. The van der Waals surface area contributed by atoms with Gasteiger partial charge >= 0.3 is 0 Å². The molecule has 2 aromatic rings. The van der Waals surface area contributed by atoms with Gasteiger partial charge in [-0.15, -0.1) is 0 Å². The third kappa shape index (κ3) is 2.91. The number of benzene rings is 2. The number of amides is 1. The highest BCUT2D eigenvalue weighted by atomic mass is 35.5. The SMILES string of the molecule is NC(Cc1ccc(F)cc1)c1cc2c(cc1Cl)NC(=O)C2. The van der Waals surface area contributed by atoms with E-state index in [0.717, 1.165) is 22.4 Å². The first-order chi connectivity index (χ1) is 10.0. The fourth-order valence-electron chi connectivity index (χ4n) is 2.54. The van der Waals surface area contributed by atoms with Crippen LogP contribution in [0.1, 0.15) is 22.7 Å². The molecule has 0 saturated heterocycles. The third-order valence-electron chi connectivity index (χ3n) is 3.62. The Balaban J connectivity index is 1.85. The number of hydrogen-bond acceptors (Lipinski definition) is 2. The van der Waals surface area contributed by atoms with Gasteiger partial charge in [-0.05, 0) is 41.3 Å². The average molecular weight is 305 g/mol. The van der Waals surface area contributed by atoms with Crippen molar-refractivity contribution in [3.8, 4) is 0 Å².